The number of ketones is 1. The molecular weight excluding hydrogens is 696 g/mol. The van der Waals surface area contributed by atoms with Gasteiger partial charge in [0, 0.05) is 36.0 Å². The topological polar surface area (TPSA) is 108 Å². The fraction of sp³-hybridized carbons (Fsp3) is 0.558. The molecule has 0 fully saturated rings. The van der Waals surface area contributed by atoms with Crippen LogP contribution in [0.3, 0.4) is 0 Å². The third kappa shape index (κ3) is 17.0. The summed E-state index contributed by atoms with van der Waals surface area (Å²) in [7, 11) is 0. The molecule has 0 saturated heterocycles. The van der Waals surface area contributed by atoms with Gasteiger partial charge < -0.3 is 10.5 Å². The number of ether oxygens (including phenoxy) is 1. The molecule has 2 heterocycles. The number of nitrogens with two attached hydrogens (primary N) is 1. The SMILES string of the molecule is CCC(C)CC[C@@H](CC(C)C)C(=O)N=C(N)c1cccnc1C(F)(F)F.CCC(C)c1cc(C)c(-c2cc(C)nc(F)c2)c(C)c1.CCCOCC(C)=O. The number of amides is 1. The number of hydrogen-bond acceptors (Lipinski definition) is 5. The number of alkyl halides is 3. The molecule has 3 aromatic rings. The number of carbonyl (C=O) groups excluding carboxylic acids is 2. The number of benzene rings is 1. The molecule has 0 saturated carbocycles. The monoisotopic (exact) mass is 758 g/mol. The summed E-state index contributed by atoms with van der Waals surface area (Å²) in [5.74, 6) is -0.242. The Hall–Kier alpha value is -3.99. The van der Waals surface area contributed by atoms with Crippen LogP contribution in [-0.4, -0.2) is 40.7 Å². The lowest BCUT2D eigenvalue weighted by Crippen LogP contribution is -2.25. The van der Waals surface area contributed by atoms with Crippen LogP contribution >= 0.6 is 0 Å². The second-order valence-corrected chi connectivity index (χ2v) is 14.6. The quantitative estimate of drug-likeness (QED) is 0.0543. The van der Waals surface area contributed by atoms with Crippen molar-refractivity contribution in [3.63, 3.8) is 0 Å². The van der Waals surface area contributed by atoms with E-state index in [4.69, 9.17) is 10.5 Å². The Morgan fingerprint density at radius 2 is 1.57 bits per heavy atom. The molecule has 2 N–H and O–H groups in total. The number of amidine groups is 1. The van der Waals surface area contributed by atoms with Gasteiger partial charge in [0.2, 0.25) is 5.95 Å². The van der Waals surface area contributed by atoms with Crippen molar-refractivity contribution in [3.05, 3.63) is 82.2 Å². The molecule has 0 aliphatic rings. The molecule has 54 heavy (non-hydrogen) atoms. The first-order chi connectivity index (χ1) is 25.2. The highest BCUT2D eigenvalue weighted by atomic mass is 19.4. The maximum atomic E-state index is 13.5. The normalized spacial score (nSPS) is 13.3. The van der Waals surface area contributed by atoms with Gasteiger partial charge in [-0.3, -0.25) is 14.6 Å². The molecule has 2 aromatic heterocycles. The number of halogens is 4. The minimum Gasteiger partial charge on any atom is -0.383 e. The van der Waals surface area contributed by atoms with E-state index >= 15 is 0 Å². The van der Waals surface area contributed by atoms with Crippen LogP contribution in [0.1, 0.15) is 133 Å². The van der Waals surface area contributed by atoms with Gasteiger partial charge in [-0.1, -0.05) is 67.0 Å². The summed E-state index contributed by atoms with van der Waals surface area (Å²) >= 11 is 0. The van der Waals surface area contributed by atoms with E-state index in [1.807, 2.05) is 33.8 Å². The van der Waals surface area contributed by atoms with Gasteiger partial charge in [-0.25, -0.2) is 4.98 Å². The smallest absolute Gasteiger partial charge is 0.383 e. The van der Waals surface area contributed by atoms with Gasteiger partial charge in [0.15, 0.2) is 11.5 Å². The van der Waals surface area contributed by atoms with Crippen LogP contribution in [-0.2, 0) is 20.5 Å². The summed E-state index contributed by atoms with van der Waals surface area (Å²) < 4.78 is 57.6. The van der Waals surface area contributed by atoms with Crippen molar-refractivity contribution in [2.45, 2.75) is 127 Å². The third-order valence-electron chi connectivity index (χ3n) is 8.99. The predicted molar refractivity (Wildman–Crippen MR) is 211 cm³/mol. The second kappa shape index (κ2) is 23.7. The zero-order valence-corrected chi connectivity index (χ0v) is 34.2. The van der Waals surface area contributed by atoms with E-state index in [2.05, 4.69) is 68.6 Å². The molecule has 0 aliphatic heterocycles. The molecule has 300 valence electrons. The van der Waals surface area contributed by atoms with Crippen molar-refractivity contribution in [2.75, 3.05) is 13.2 Å². The zero-order chi connectivity index (χ0) is 41.2. The number of nitrogens with zero attached hydrogens (tertiary/aromatic N) is 3. The van der Waals surface area contributed by atoms with Gasteiger partial charge in [-0.05, 0) is 124 Å². The van der Waals surface area contributed by atoms with E-state index in [0.29, 0.717) is 37.0 Å². The van der Waals surface area contributed by atoms with Crippen molar-refractivity contribution >= 4 is 17.5 Å². The van der Waals surface area contributed by atoms with E-state index in [0.717, 1.165) is 43.0 Å². The molecule has 0 radical (unpaired) electrons. The molecule has 1 aromatic carbocycles. The van der Waals surface area contributed by atoms with Crippen LogP contribution in [0.5, 0.6) is 0 Å². The van der Waals surface area contributed by atoms with Gasteiger partial charge in [0.1, 0.15) is 12.4 Å². The fourth-order valence-electron chi connectivity index (χ4n) is 5.81. The van der Waals surface area contributed by atoms with Crippen molar-refractivity contribution < 1.29 is 31.9 Å². The number of aryl methyl sites for hydroxylation is 3. The third-order valence-corrected chi connectivity index (χ3v) is 8.99. The van der Waals surface area contributed by atoms with E-state index in [9.17, 15) is 27.2 Å². The Morgan fingerprint density at radius 3 is 2.07 bits per heavy atom. The van der Waals surface area contributed by atoms with Crippen molar-refractivity contribution in [1.82, 2.24) is 9.97 Å². The average molecular weight is 759 g/mol. The molecule has 1 amide bonds. The molecule has 7 nitrogen and oxygen atoms in total. The standard InChI is InChI=1S/C19H28F3N3O.C18H22FN.C6H12O2/c1-5-13(4)8-9-14(11-12(2)3)18(26)25-17(23)15-7-6-10-24-16(15)19(20,21)22;1-6-11(2)15-7-12(3)18(13(4)8-15)16-9-14(5)20-17(19)10-16;1-3-4-8-5-6(2)7/h6-7,10,12-14H,5,8-9,11H2,1-4H3,(H2,23,25,26);7-11H,6H2,1-5H3;3-5H2,1-2H3/t13?,14-;;/m0../s1. The highest BCUT2D eigenvalue weighted by Gasteiger charge is 2.36. The fourth-order valence-corrected chi connectivity index (χ4v) is 5.81. The number of aliphatic imine (C=N–C) groups is 1. The number of hydrogen-bond donors (Lipinski definition) is 1. The number of pyridine rings is 2. The van der Waals surface area contributed by atoms with Crippen LogP contribution in [0.4, 0.5) is 17.6 Å². The molecule has 0 bridgehead atoms. The average Bonchev–Trinajstić information content (AvgIpc) is 3.08. The largest absolute Gasteiger partial charge is 0.434 e. The second-order valence-electron chi connectivity index (χ2n) is 14.6. The van der Waals surface area contributed by atoms with Crippen molar-refractivity contribution in [2.24, 2.45) is 28.5 Å². The van der Waals surface area contributed by atoms with Gasteiger partial charge in [0.05, 0.1) is 0 Å². The number of rotatable bonds is 15. The molecular formula is C43H62F4N4O3. The summed E-state index contributed by atoms with van der Waals surface area (Å²) in [6.45, 7) is 23.2. The molecule has 0 aliphatic carbocycles. The summed E-state index contributed by atoms with van der Waals surface area (Å²) in [5.41, 5.74) is 10.8. The summed E-state index contributed by atoms with van der Waals surface area (Å²) in [5, 5.41) is 0. The van der Waals surface area contributed by atoms with Gasteiger partial charge >= 0.3 is 6.18 Å². The lowest BCUT2D eigenvalue weighted by Gasteiger charge is -2.18. The van der Waals surface area contributed by atoms with E-state index in [1.165, 1.54) is 41.8 Å². The van der Waals surface area contributed by atoms with E-state index < -0.39 is 29.6 Å². The Labute approximate surface area is 320 Å². The lowest BCUT2D eigenvalue weighted by molar-refractivity contribution is -0.141. The zero-order valence-electron chi connectivity index (χ0n) is 34.2. The van der Waals surface area contributed by atoms with Crippen LogP contribution < -0.4 is 5.73 Å². The molecule has 3 rings (SSSR count). The van der Waals surface area contributed by atoms with Gasteiger partial charge in [-0.15, -0.1) is 0 Å². The first kappa shape index (κ1) is 48.0. The minimum atomic E-state index is -4.66. The van der Waals surface area contributed by atoms with Crippen molar-refractivity contribution in [1.29, 1.82) is 0 Å². The molecule has 2 unspecified atom stereocenters. The molecule has 3 atom stereocenters. The Balaban J connectivity index is 0.000000459. The Kier molecular flexibility index (Phi) is 21.1. The van der Waals surface area contributed by atoms with E-state index in [-0.39, 0.29) is 29.8 Å². The summed E-state index contributed by atoms with van der Waals surface area (Å²) in [6, 6.07) is 10.4. The van der Waals surface area contributed by atoms with Crippen LogP contribution in [0, 0.1) is 44.5 Å². The first-order valence-electron chi connectivity index (χ1n) is 19.0. The molecule has 11 heteroatoms. The summed E-state index contributed by atoms with van der Waals surface area (Å²) in [6.07, 6.45) is 1.65. The minimum absolute atomic E-state index is 0.0958. The van der Waals surface area contributed by atoms with E-state index in [1.54, 1.807) is 0 Å². The number of Topliss-reactive ketones (excluding diaryl/α,β-unsaturated/α-hetero) is 1. The predicted octanol–water partition coefficient (Wildman–Crippen LogP) is 11.1. The summed E-state index contributed by atoms with van der Waals surface area (Å²) in [4.78, 5) is 33.7. The maximum Gasteiger partial charge on any atom is 0.434 e. The first-order valence-corrected chi connectivity index (χ1v) is 19.0. The van der Waals surface area contributed by atoms with Gasteiger partial charge in [-0.2, -0.15) is 22.6 Å². The van der Waals surface area contributed by atoms with Gasteiger partial charge in [0.25, 0.3) is 5.91 Å². The Bertz CT molecular complexity index is 1610. The number of carbonyl (C=O) groups is 2. The maximum absolute atomic E-state index is 13.5. The van der Waals surface area contributed by atoms with Crippen LogP contribution in [0.25, 0.3) is 11.1 Å². The van der Waals surface area contributed by atoms with Crippen LogP contribution in [0.15, 0.2) is 47.6 Å². The highest BCUT2D eigenvalue weighted by molar-refractivity contribution is 6.05. The van der Waals surface area contributed by atoms with Crippen LogP contribution in [0.2, 0.25) is 0 Å². The Morgan fingerprint density at radius 1 is 0.944 bits per heavy atom. The highest BCUT2D eigenvalue weighted by Crippen LogP contribution is 2.33. The lowest BCUT2D eigenvalue weighted by atomic mass is 9.89. The number of aromatic nitrogens is 2. The van der Waals surface area contributed by atoms with Crippen molar-refractivity contribution in [3.8, 4) is 11.1 Å². The molecule has 0 spiro atoms.